The lowest BCUT2D eigenvalue weighted by molar-refractivity contribution is 0.521. The highest BCUT2D eigenvalue weighted by atomic mass is 16.3. The predicted molar refractivity (Wildman–Crippen MR) is 56.2 cm³/mol. The van der Waals surface area contributed by atoms with E-state index in [0.29, 0.717) is 5.89 Å². The number of oxazole rings is 1. The van der Waals surface area contributed by atoms with E-state index in [0.717, 1.165) is 16.9 Å². The molecule has 72 valence electrons. The number of aryl methyl sites for hydroxylation is 1. The highest BCUT2D eigenvalue weighted by molar-refractivity contribution is 5.61. The van der Waals surface area contributed by atoms with E-state index in [1.807, 2.05) is 38.2 Å². The molecular formula is C11H12N2O. The van der Waals surface area contributed by atoms with E-state index < -0.39 is 0 Å². The van der Waals surface area contributed by atoms with Crippen molar-refractivity contribution in [2.75, 3.05) is 12.4 Å². The van der Waals surface area contributed by atoms with Gasteiger partial charge in [0.05, 0.1) is 0 Å². The van der Waals surface area contributed by atoms with E-state index >= 15 is 0 Å². The molecule has 0 fully saturated rings. The van der Waals surface area contributed by atoms with E-state index in [-0.39, 0.29) is 0 Å². The standard InChI is InChI=1S/C11H12N2O/c1-8-13-11(7-14-8)9-3-5-10(12-2)6-4-9/h3-7,12H,1-2H3. The molecule has 0 aliphatic rings. The number of hydrogen-bond donors (Lipinski definition) is 1. The molecule has 0 saturated heterocycles. The highest BCUT2D eigenvalue weighted by Gasteiger charge is 2.02. The molecule has 0 aliphatic heterocycles. The third-order valence-corrected chi connectivity index (χ3v) is 2.09. The van der Waals surface area contributed by atoms with Crippen molar-refractivity contribution in [3.63, 3.8) is 0 Å². The molecular weight excluding hydrogens is 176 g/mol. The molecule has 0 amide bonds. The summed E-state index contributed by atoms with van der Waals surface area (Å²) in [5.74, 6) is 0.692. The van der Waals surface area contributed by atoms with Crippen LogP contribution in [0.15, 0.2) is 34.9 Å². The zero-order valence-electron chi connectivity index (χ0n) is 8.24. The maximum Gasteiger partial charge on any atom is 0.191 e. The second kappa shape index (κ2) is 3.54. The first kappa shape index (κ1) is 8.81. The summed E-state index contributed by atoms with van der Waals surface area (Å²) in [6.07, 6.45) is 1.67. The zero-order chi connectivity index (χ0) is 9.97. The van der Waals surface area contributed by atoms with Gasteiger partial charge in [-0.25, -0.2) is 4.98 Å². The maximum absolute atomic E-state index is 5.15. The van der Waals surface area contributed by atoms with Crippen LogP contribution in [0.25, 0.3) is 11.3 Å². The molecule has 1 aromatic carbocycles. The first-order valence-electron chi connectivity index (χ1n) is 4.50. The fourth-order valence-corrected chi connectivity index (χ4v) is 1.30. The lowest BCUT2D eigenvalue weighted by Crippen LogP contribution is -1.86. The van der Waals surface area contributed by atoms with E-state index in [1.54, 1.807) is 6.26 Å². The molecule has 0 atom stereocenters. The summed E-state index contributed by atoms with van der Waals surface area (Å²) >= 11 is 0. The summed E-state index contributed by atoms with van der Waals surface area (Å²) in [5.41, 5.74) is 3.04. The quantitative estimate of drug-likeness (QED) is 0.787. The molecule has 0 bridgehead atoms. The molecule has 0 unspecified atom stereocenters. The third kappa shape index (κ3) is 1.62. The molecule has 3 nitrogen and oxygen atoms in total. The second-order valence-corrected chi connectivity index (χ2v) is 3.08. The van der Waals surface area contributed by atoms with Crippen molar-refractivity contribution in [3.05, 3.63) is 36.4 Å². The van der Waals surface area contributed by atoms with E-state index in [1.165, 1.54) is 0 Å². The minimum atomic E-state index is 0.692. The van der Waals surface area contributed by atoms with Gasteiger partial charge < -0.3 is 9.73 Å². The molecule has 0 radical (unpaired) electrons. The van der Waals surface area contributed by atoms with Gasteiger partial charge >= 0.3 is 0 Å². The third-order valence-electron chi connectivity index (χ3n) is 2.09. The van der Waals surface area contributed by atoms with Crippen LogP contribution in [0.5, 0.6) is 0 Å². The van der Waals surface area contributed by atoms with Crippen molar-refractivity contribution in [1.82, 2.24) is 4.98 Å². The van der Waals surface area contributed by atoms with Crippen molar-refractivity contribution in [2.24, 2.45) is 0 Å². The van der Waals surface area contributed by atoms with Crippen LogP contribution in [0, 0.1) is 6.92 Å². The van der Waals surface area contributed by atoms with Crippen molar-refractivity contribution in [2.45, 2.75) is 6.92 Å². The Bertz CT molecular complexity index is 417. The van der Waals surface area contributed by atoms with E-state index in [9.17, 15) is 0 Å². The number of hydrogen-bond acceptors (Lipinski definition) is 3. The molecule has 2 aromatic rings. The van der Waals surface area contributed by atoms with Gasteiger partial charge in [0.2, 0.25) is 0 Å². The van der Waals surface area contributed by atoms with Crippen LogP contribution in [-0.2, 0) is 0 Å². The fraction of sp³-hybridized carbons (Fsp3) is 0.182. The predicted octanol–water partition coefficient (Wildman–Crippen LogP) is 2.69. The summed E-state index contributed by atoms with van der Waals surface area (Å²) in [7, 11) is 1.90. The molecule has 3 heteroatoms. The average Bonchev–Trinajstić information content (AvgIpc) is 2.65. The minimum Gasteiger partial charge on any atom is -0.449 e. The fourth-order valence-electron chi connectivity index (χ4n) is 1.30. The molecule has 0 spiro atoms. The van der Waals surface area contributed by atoms with E-state index in [4.69, 9.17) is 4.42 Å². The Labute approximate surface area is 82.8 Å². The molecule has 14 heavy (non-hydrogen) atoms. The average molecular weight is 188 g/mol. The van der Waals surface area contributed by atoms with Crippen LogP contribution in [0.2, 0.25) is 0 Å². The van der Waals surface area contributed by atoms with Crippen molar-refractivity contribution < 1.29 is 4.42 Å². The molecule has 0 aliphatic carbocycles. The Kier molecular flexibility index (Phi) is 2.23. The number of benzene rings is 1. The summed E-state index contributed by atoms with van der Waals surface area (Å²) in [5, 5.41) is 3.07. The summed E-state index contributed by atoms with van der Waals surface area (Å²) in [6, 6.07) is 8.06. The van der Waals surface area contributed by atoms with Crippen LogP contribution in [0.4, 0.5) is 5.69 Å². The maximum atomic E-state index is 5.15. The minimum absolute atomic E-state index is 0.692. The van der Waals surface area contributed by atoms with E-state index in [2.05, 4.69) is 10.3 Å². The smallest absolute Gasteiger partial charge is 0.191 e. The van der Waals surface area contributed by atoms with Crippen LogP contribution in [-0.4, -0.2) is 12.0 Å². The molecule has 1 heterocycles. The zero-order valence-corrected chi connectivity index (χ0v) is 8.24. The van der Waals surface area contributed by atoms with Crippen molar-refractivity contribution in [1.29, 1.82) is 0 Å². The van der Waals surface area contributed by atoms with Gasteiger partial charge in [0.25, 0.3) is 0 Å². The number of nitrogens with zero attached hydrogens (tertiary/aromatic N) is 1. The first-order chi connectivity index (χ1) is 6.79. The van der Waals surface area contributed by atoms with Gasteiger partial charge in [0.15, 0.2) is 5.89 Å². The summed E-state index contributed by atoms with van der Waals surface area (Å²) in [4.78, 5) is 4.25. The first-order valence-corrected chi connectivity index (χ1v) is 4.50. The molecule has 0 saturated carbocycles. The van der Waals surface area contributed by atoms with Gasteiger partial charge in [-0.3, -0.25) is 0 Å². The topological polar surface area (TPSA) is 38.1 Å². The number of anilines is 1. The largest absolute Gasteiger partial charge is 0.449 e. The van der Waals surface area contributed by atoms with Gasteiger partial charge in [0.1, 0.15) is 12.0 Å². The Hall–Kier alpha value is -1.77. The molecule has 2 rings (SSSR count). The Balaban J connectivity index is 2.33. The van der Waals surface area contributed by atoms with Gasteiger partial charge in [-0.15, -0.1) is 0 Å². The van der Waals surface area contributed by atoms with Crippen LogP contribution < -0.4 is 5.32 Å². The van der Waals surface area contributed by atoms with Gasteiger partial charge in [-0.1, -0.05) is 12.1 Å². The summed E-state index contributed by atoms with van der Waals surface area (Å²) < 4.78 is 5.15. The van der Waals surface area contributed by atoms with Gasteiger partial charge in [-0.2, -0.15) is 0 Å². The van der Waals surface area contributed by atoms with Crippen LogP contribution >= 0.6 is 0 Å². The monoisotopic (exact) mass is 188 g/mol. The van der Waals surface area contributed by atoms with Crippen LogP contribution in [0.3, 0.4) is 0 Å². The Morgan fingerprint density at radius 2 is 1.93 bits per heavy atom. The normalized spacial score (nSPS) is 10.1. The molecule has 1 aromatic heterocycles. The van der Waals surface area contributed by atoms with Crippen molar-refractivity contribution >= 4 is 5.69 Å². The van der Waals surface area contributed by atoms with Gasteiger partial charge in [0, 0.05) is 25.2 Å². The Morgan fingerprint density at radius 1 is 1.21 bits per heavy atom. The van der Waals surface area contributed by atoms with Crippen molar-refractivity contribution in [3.8, 4) is 11.3 Å². The lowest BCUT2D eigenvalue weighted by atomic mass is 10.1. The lowest BCUT2D eigenvalue weighted by Gasteiger charge is -1.99. The number of aromatic nitrogens is 1. The SMILES string of the molecule is CNc1ccc(-c2coc(C)n2)cc1. The second-order valence-electron chi connectivity index (χ2n) is 3.08. The van der Waals surface area contributed by atoms with Gasteiger partial charge in [-0.05, 0) is 12.1 Å². The Morgan fingerprint density at radius 3 is 2.43 bits per heavy atom. The van der Waals surface area contributed by atoms with Crippen LogP contribution in [0.1, 0.15) is 5.89 Å². The highest BCUT2D eigenvalue weighted by Crippen LogP contribution is 2.20. The number of rotatable bonds is 2. The molecule has 1 N–H and O–H groups in total. The summed E-state index contributed by atoms with van der Waals surface area (Å²) in [6.45, 7) is 1.84. The number of nitrogens with one attached hydrogen (secondary N) is 1.